The van der Waals surface area contributed by atoms with Crippen LogP contribution < -0.4 is 5.56 Å². The molecule has 28 heavy (non-hydrogen) atoms. The lowest BCUT2D eigenvalue weighted by Gasteiger charge is -2.38. The fourth-order valence-electron chi connectivity index (χ4n) is 3.90. The van der Waals surface area contributed by atoms with E-state index in [1.54, 1.807) is 0 Å². The van der Waals surface area contributed by atoms with Crippen LogP contribution in [0.25, 0.3) is 10.2 Å². The Labute approximate surface area is 167 Å². The van der Waals surface area contributed by atoms with Gasteiger partial charge in [0.25, 0.3) is 5.56 Å². The Hall–Kier alpha value is -2.25. The Morgan fingerprint density at radius 1 is 1.29 bits per heavy atom. The second-order valence-corrected chi connectivity index (χ2v) is 8.59. The van der Waals surface area contributed by atoms with Gasteiger partial charge >= 0.3 is 0 Å². The van der Waals surface area contributed by atoms with Crippen LogP contribution in [0.5, 0.6) is 0 Å². The van der Waals surface area contributed by atoms with Gasteiger partial charge in [0.05, 0.1) is 24.0 Å². The molecule has 0 saturated carbocycles. The maximum atomic E-state index is 12.6. The van der Waals surface area contributed by atoms with E-state index in [-0.39, 0.29) is 18.0 Å². The third-order valence-corrected chi connectivity index (χ3v) is 6.54. The van der Waals surface area contributed by atoms with Gasteiger partial charge in [-0.05, 0) is 43.6 Å². The van der Waals surface area contributed by atoms with E-state index >= 15 is 0 Å². The van der Waals surface area contributed by atoms with Gasteiger partial charge in [-0.3, -0.25) is 14.2 Å². The lowest BCUT2D eigenvalue weighted by atomic mass is 9.91. The Morgan fingerprint density at radius 3 is 2.86 bits per heavy atom. The van der Waals surface area contributed by atoms with Crippen LogP contribution in [0.1, 0.15) is 38.5 Å². The molecule has 0 spiro atoms. The predicted octanol–water partition coefficient (Wildman–Crippen LogP) is 2.87. The maximum absolute atomic E-state index is 12.6. The average Bonchev–Trinajstić information content (AvgIpc) is 3.19. The largest absolute Gasteiger partial charge is 0.388 e. The highest BCUT2D eigenvalue weighted by atomic mass is 32.1. The van der Waals surface area contributed by atoms with E-state index in [9.17, 15) is 14.7 Å². The normalized spacial score (nSPS) is 19.0. The van der Waals surface area contributed by atoms with Crippen molar-refractivity contribution in [3.63, 3.8) is 0 Å². The van der Waals surface area contributed by atoms with Crippen molar-refractivity contribution in [1.82, 2.24) is 14.5 Å². The number of amides is 1. The third-order valence-electron chi connectivity index (χ3n) is 5.65. The van der Waals surface area contributed by atoms with Crippen molar-refractivity contribution in [2.45, 2.75) is 50.7 Å². The summed E-state index contributed by atoms with van der Waals surface area (Å²) in [6, 6.07) is 1.82. The first-order valence-electron chi connectivity index (χ1n) is 9.82. The van der Waals surface area contributed by atoms with Gasteiger partial charge in [-0.15, -0.1) is 11.3 Å². The molecule has 0 radical (unpaired) electrons. The van der Waals surface area contributed by atoms with Crippen molar-refractivity contribution in [2.24, 2.45) is 0 Å². The van der Waals surface area contributed by atoms with Gasteiger partial charge in [0.15, 0.2) is 0 Å². The number of allylic oxidation sites excluding steroid dienone is 4. The van der Waals surface area contributed by atoms with Gasteiger partial charge in [0.2, 0.25) is 5.91 Å². The van der Waals surface area contributed by atoms with E-state index in [1.165, 1.54) is 27.8 Å². The average molecular weight is 400 g/mol. The molecule has 0 bridgehead atoms. The van der Waals surface area contributed by atoms with Gasteiger partial charge in [-0.25, -0.2) is 4.98 Å². The minimum atomic E-state index is -0.984. The molecule has 148 valence electrons. The van der Waals surface area contributed by atoms with E-state index in [1.807, 2.05) is 16.3 Å². The van der Waals surface area contributed by atoms with Crippen LogP contribution in [-0.4, -0.2) is 44.2 Å². The molecule has 1 N–H and O–H groups in total. The summed E-state index contributed by atoms with van der Waals surface area (Å²) in [5.41, 5.74) is 0.841. The van der Waals surface area contributed by atoms with Gasteiger partial charge in [-0.2, -0.15) is 0 Å². The second-order valence-electron chi connectivity index (χ2n) is 7.68. The molecule has 2 aliphatic rings. The summed E-state index contributed by atoms with van der Waals surface area (Å²) in [5.74, 6) is 0.140. The fourth-order valence-corrected chi connectivity index (χ4v) is 4.69. The Kier molecular flexibility index (Phi) is 5.46. The van der Waals surface area contributed by atoms with Gasteiger partial charge in [0, 0.05) is 19.5 Å². The predicted molar refractivity (Wildman–Crippen MR) is 110 cm³/mol. The number of aromatic nitrogens is 2. The lowest BCUT2D eigenvalue weighted by Crippen LogP contribution is -2.49. The number of hydrogen-bond acceptors (Lipinski definition) is 5. The number of aliphatic hydroxyl groups is 1. The highest BCUT2D eigenvalue weighted by Crippen LogP contribution is 2.25. The monoisotopic (exact) mass is 399 g/mol. The quantitative estimate of drug-likeness (QED) is 0.839. The van der Waals surface area contributed by atoms with E-state index in [4.69, 9.17) is 0 Å². The molecule has 0 unspecified atom stereocenters. The van der Waals surface area contributed by atoms with Crippen molar-refractivity contribution in [3.05, 3.63) is 51.9 Å². The van der Waals surface area contributed by atoms with Crippen LogP contribution >= 0.6 is 11.3 Å². The third kappa shape index (κ3) is 4.10. The molecule has 1 amide bonds. The number of carbonyl (C=O) groups excluding carboxylic acids is 1. The summed E-state index contributed by atoms with van der Waals surface area (Å²) >= 11 is 1.37. The highest BCUT2D eigenvalue weighted by Gasteiger charge is 2.34. The summed E-state index contributed by atoms with van der Waals surface area (Å²) in [6.45, 7) is 1.26. The number of piperidine rings is 1. The van der Waals surface area contributed by atoms with Gasteiger partial charge in [0.1, 0.15) is 4.70 Å². The first-order chi connectivity index (χ1) is 13.5. The Balaban J connectivity index is 1.33. The van der Waals surface area contributed by atoms with E-state index in [0.717, 1.165) is 19.3 Å². The van der Waals surface area contributed by atoms with Crippen molar-refractivity contribution >= 4 is 27.5 Å². The van der Waals surface area contributed by atoms with Gasteiger partial charge < -0.3 is 10.0 Å². The minimum absolute atomic E-state index is 0.110. The highest BCUT2D eigenvalue weighted by molar-refractivity contribution is 7.17. The zero-order valence-corrected chi connectivity index (χ0v) is 16.7. The molecule has 1 fully saturated rings. The molecular formula is C21H25N3O3S. The number of likely N-dealkylation sites (tertiary alicyclic amines) is 1. The molecule has 2 aromatic heterocycles. The number of rotatable bonds is 5. The molecule has 1 aliphatic carbocycles. The molecule has 1 saturated heterocycles. The van der Waals surface area contributed by atoms with Crippen LogP contribution in [0.2, 0.25) is 0 Å². The number of thiophene rings is 1. The lowest BCUT2D eigenvalue weighted by molar-refractivity contribution is -0.135. The first-order valence-corrected chi connectivity index (χ1v) is 10.7. The van der Waals surface area contributed by atoms with E-state index in [0.29, 0.717) is 42.6 Å². The van der Waals surface area contributed by atoms with Crippen LogP contribution in [0.3, 0.4) is 0 Å². The molecular weight excluding hydrogens is 374 g/mol. The molecule has 6 nitrogen and oxygen atoms in total. The standard InChI is InChI=1S/C21H25N3O3S/c25-18(7-6-16-4-2-1-3-5-16)23-11-9-21(27,10-12-23)14-24-15-22-17-8-13-28-19(17)20(24)26/h2,4-5,8,13,15,27H,1,3,6-7,9-12,14H2. The maximum Gasteiger partial charge on any atom is 0.271 e. The summed E-state index contributed by atoms with van der Waals surface area (Å²) in [6.07, 6.45) is 12.4. The van der Waals surface area contributed by atoms with Crippen LogP contribution in [-0.2, 0) is 11.3 Å². The topological polar surface area (TPSA) is 75.4 Å². The summed E-state index contributed by atoms with van der Waals surface area (Å²) < 4.78 is 2.11. The van der Waals surface area contributed by atoms with Crippen molar-refractivity contribution in [1.29, 1.82) is 0 Å². The van der Waals surface area contributed by atoms with E-state index in [2.05, 4.69) is 23.2 Å². The molecule has 3 heterocycles. The zero-order chi connectivity index (χ0) is 19.6. The van der Waals surface area contributed by atoms with Crippen molar-refractivity contribution in [2.75, 3.05) is 13.1 Å². The van der Waals surface area contributed by atoms with E-state index < -0.39 is 5.60 Å². The molecule has 0 aromatic carbocycles. The van der Waals surface area contributed by atoms with Crippen LogP contribution in [0, 0.1) is 0 Å². The molecule has 2 aromatic rings. The number of carbonyl (C=O) groups is 1. The number of nitrogens with zero attached hydrogens (tertiary/aromatic N) is 3. The van der Waals surface area contributed by atoms with Gasteiger partial charge in [-0.1, -0.05) is 23.8 Å². The molecule has 7 heteroatoms. The first kappa shape index (κ1) is 19.1. The molecule has 0 atom stereocenters. The SMILES string of the molecule is O=C(CCC1=CCCC=C1)N1CCC(O)(Cn2cnc3ccsc3c2=O)CC1. The fraction of sp³-hybridized carbons (Fsp3) is 0.476. The Bertz CT molecular complexity index is 980. The van der Waals surface area contributed by atoms with Crippen LogP contribution in [0.15, 0.2) is 46.4 Å². The minimum Gasteiger partial charge on any atom is -0.388 e. The Morgan fingerprint density at radius 2 is 2.11 bits per heavy atom. The number of hydrogen-bond donors (Lipinski definition) is 1. The molecule has 4 rings (SSSR count). The second kappa shape index (κ2) is 8.01. The molecule has 1 aliphatic heterocycles. The van der Waals surface area contributed by atoms with Crippen molar-refractivity contribution in [3.8, 4) is 0 Å². The smallest absolute Gasteiger partial charge is 0.271 e. The summed E-state index contributed by atoms with van der Waals surface area (Å²) in [4.78, 5) is 31.2. The summed E-state index contributed by atoms with van der Waals surface area (Å²) in [7, 11) is 0. The zero-order valence-electron chi connectivity index (χ0n) is 15.8. The van der Waals surface area contributed by atoms with Crippen LogP contribution in [0.4, 0.5) is 0 Å². The van der Waals surface area contributed by atoms with Crippen molar-refractivity contribution < 1.29 is 9.90 Å². The number of fused-ring (bicyclic) bond motifs is 1. The summed E-state index contributed by atoms with van der Waals surface area (Å²) in [5, 5.41) is 12.8.